The van der Waals surface area contributed by atoms with E-state index in [2.05, 4.69) is 5.32 Å². The number of ether oxygens (including phenoxy) is 2. The van der Waals surface area contributed by atoms with E-state index in [0.717, 1.165) is 5.75 Å². The Labute approximate surface area is 128 Å². The third-order valence-corrected chi connectivity index (χ3v) is 3.08. The first-order chi connectivity index (χ1) is 10.6. The first-order valence-corrected chi connectivity index (χ1v) is 6.82. The summed E-state index contributed by atoms with van der Waals surface area (Å²) in [7, 11) is 3.23. The Kier molecular flexibility index (Phi) is 5.19. The number of methoxy groups -OCH3 is 1. The topological polar surface area (TPSA) is 69.6 Å². The Morgan fingerprint density at radius 3 is 2.50 bits per heavy atom. The third kappa shape index (κ3) is 4.12. The van der Waals surface area contributed by atoms with Crippen molar-refractivity contribution in [3.63, 3.8) is 0 Å². The van der Waals surface area contributed by atoms with E-state index in [1.807, 2.05) is 0 Å². The quantitative estimate of drug-likeness (QED) is 0.814. The summed E-state index contributed by atoms with van der Waals surface area (Å²) in [6.45, 7) is 0.684. The molecule has 6 heteroatoms. The molecular formula is C16H18N2O4. The molecule has 0 aliphatic carbocycles. The number of carbonyl (C=O) groups excluding carboxylic acids is 1. The minimum absolute atomic E-state index is 0.220. The Morgan fingerprint density at radius 1 is 1.18 bits per heavy atom. The predicted molar refractivity (Wildman–Crippen MR) is 82.5 cm³/mol. The molecule has 0 spiro atoms. The summed E-state index contributed by atoms with van der Waals surface area (Å²) >= 11 is 0. The molecule has 1 aromatic heterocycles. The van der Waals surface area contributed by atoms with E-state index in [9.17, 15) is 9.59 Å². The Balaban J connectivity index is 1.79. The molecular weight excluding hydrogens is 284 g/mol. The van der Waals surface area contributed by atoms with E-state index in [0.29, 0.717) is 24.5 Å². The maximum absolute atomic E-state index is 11.9. The molecule has 0 atom stereocenters. The fourth-order valence-electron chi connectivity index (χ4n) is 1.80. The van der Waals surface area contributed by atoms with E-state index in [-0.39, 0.29) is 11.5 Å². The molecule has 0 unspecified atom stereocenters. The summed E-state index contributed by atoms with van der Waals surface area (Å²) in [5.41, 5.74) is 0.120. The van der Waals surface area contributed by atoms with E-state index in [1.54, 1.807) is 50.7 Å². The summed E-state index contributed by atoms with van der Waals surface area (Å²) in [6, 6.07) is 10.1. The monoisotopic (exact) mass is 302 g/mol. The Hall–Kier alpha value is -2.76. The van der Waals surface area contributed by atoms with Crippen LogP contribution in [0.2, 0.25) is 0 Å². The number of benzene rings is 1. The van der Waals surface area contributed by atoms with Crippen molar-refractivity contribution in [3.8, 4) is 11.5 Å². The highest BCUT2D eigenvalue weighted by Crippen LogP contribution is 2.16. The molecule has 2 aromatic rings. The molecule has 1 aromatic carbocycles. The molecule has 0 bridgehead atoms. The number of hydrogen-bond donors (Lipinski definition) is 1. The minimum atomic E-state index is -0.295. The molecule has 0 aliphatic rings. The lowest BCUT2D eigenvalue weighted by Crippen LogP contribution is -2.29. The standard InChI is InChI=1S/C16H18N2O4/c1-18-9-7-12(11-15(18)19)16(20)17-8-10-22-14-5-3-13(21-2)4-6-14/h3-7,9,11H,8,10H2,1-2H3,(H,17,20). The number of aryl methyl sites for hydroxylation is 1. The van der Waals surface area contributed by atoms with Crippen LogP contribution in [0.25, 0.3) is 0 Å². The normalized spacial score (nSPS) is 10.1. The third-order valence-electron chi connectivity index (χ3n) is 3.08. The Morgan fingerprint density at radius 2 is 1.86 bits per heavy atom. The number of aromatic nitrogens is 1. The minimum Gasteiger partial charge on any atom is -0.497 e. The van der Waals surface area contributed by atoms with Crippen LogP contribution in [0.1, 0.15) is 10.4 Å². The van der Waals surface area contributed by atoms with Gasteiger partial charge < -0.3 is 19.4 Å². The fraction of sp³-hybridized carbons (Fsp3) is 0.250. The zero-order valence-electron chi connectivity index (χ0n) is 12.5. The second-order valence-electron chi connectivity index (χ2n) is 4.64. The molecule has 0 radical (unpaired) electrons. The molecule has 116 valence electrons. The highest BCUT2D eigenvalue weighted by Gasteiger charge is 2.06. The first-order valence-electron chi connectivity index (χ1n) is 6.82. The molecule has 0 saturated heterocycles. The summed E-state index contributed by atoms with van der Waals surface area (Å²) in [5, 5.41) is 2.70. The van der Waals surface area contributed by atoms with Crippen LogP contribution in [-0.4, -0.2) is 30.7 Å². The number of nitrogens with one attached hydrogen (secondary N) is 1. The van der Waals surface area contributed by atoms with Gasteiger partial charge in [0.05, 0.1) is 13.7 Å². The van der Waals surface area contributed by atoms with Crippen LogP contribution in [0.3, 0.4) is 0 Å². The molecule has 1 amide bonds. The number of rotatable bonds is 6. The predicted octanol–water partition coefficient (Wildman–Crippen LogP) is 1.20. The molecule has 22 heavy (non-hydrogen) atoms. The van der Waals surface area contributed by atoms with Crippen molar-refractivity contribution in [1.29, 1.82) is 0 Å². The van der Waals surface area contributed by atoms with E-state index in [1.165, 1.54) is 10.6 Å². The molecule has 0 aliphatic heterocycles. The van der Waals surface area contributed by atoms with Crippen LogP contribution in [0.5, 0.6) is 11.5 Å². The van der Waals surface area contributed by atoms with Crippen molar-refractivity contribution in [2.75, 3.05) is 20.3 Å². The molecule has 1 heterocycles. The first kappa shape index (κ1) is 15.6. The summed E-state index contributed by atoms with van der Waals surface area (Å²) in [6.07, 6.45) is 1.56. The molecule has 6 nitrogen and oxygen atoms in total. The summed E-state index contributed by atoms with van der Waals surface area (Å²) < 4.78 is 12.0. The lowest BCUT2D eigenvalue weighted by Gasteiger charge is -2.08. The second-order valence-corrected chi connectivity index (χ2v) is 4.64. The lowest BCUT2D eigenvalue weighted by atomic mass is 10.2. The van der Waals surface area contributed by atoms with E-state index < -0.39 is 0 Å². The maximum Gasteiger partial charge on any atom is 0.251 e. The van der Waals surface area contributed by atoms with Gasteiger partial charge in [0, 0.05) is 24.9 Å². The highest BCUT2D eigenvalue weighted by molar-refractivity contribution is 5.93. The van der Waals surface area contributed by atoms with Crippen molar-refractivity contribution < 1.29 is 14.3 Å². The number of pyridine rings is 1. The molecule has 0 fully saturated rings. The van der Waals surface area contributed by atoms with Crippen LogP contribution in [-0.2, 0) is 7.05 Å². The smallest absolute Gasteiger partial charge is 0.251 e. The fourth-order valence-corrected chi connectivity index (χ4v) is 1.80. The van der Waals surface area contributed by atoms with Gasteiger partial charge in [-0.3, -0.25) is 9.59 Å². The maximum atomic E-state index is 11.9. The SMILES string of the molecule is COc1ccc(OCCNC(=O)c2ccn(C)c(=O)c2)cc1. The van der Waals surface area contributed by atoms with Gasteiger partial charge in [-0.25, -0.2) is 0 Å². The highest BCUT2D eigenvalue weighted by atomic mass is 16.5. The van der Waals surface area contributed by atoms with Gasteiger partial charge in [0.25, 0.3) is 11.5 Å². The number of amides is 1. The summed E-state index contributed by atoms with van der Waals surface area (Å²) in [5.74, 6) is 1.16. The van der Waals surface area contributed by atoms with E-state index in [4.69, 9.17) is 9.47 Å². The van der Waals surface area contributed by atoms with Crippen LogP contribution in [0.4, 0.5) is 0 Å². The van der Waals surface area contributed by atoms with Crippen molar-refractivity contribution in [2.24, 2.45) is 7.05 Å². The zero-order valence-corrected chi connectivity index (χ0v) is 12.5. The van der Waals surface area contributed by atoms with Gasteiger partial charge in [0.1, 0.15) is 18.1 Å². The number of carbonyl (C=O) groups is 1. The van der Waals surface area contributed by atoms with Gasteiger partial charge in [-0.2, -0.15) is 0 Å². The number of nitrogens with zero attached hydrogens (tertiary/aromatic N) is 1. The van der Waals surface area contributed by atoms with Crippen molar-refractivity contribution in [2.45, 2.75) is 0 Å². The van der Waals surface area contributed by atoms with Gasteiger partial charge >= 0.3 is 0 Å². The molecule has 1 N–H and O–H groups in total. The van der Waals surface area contributed by atoms with Crippen LogP contribution in [0, 0.1) is 0 Å². The average molecular weight is 302 g/mol. The zero-order chi connectivity index (χ0) is 15.9. The summed E-state index contributed by atoms with van der Waals surface area (Å²) in [4.78, 5) is 23.3. The van der Waals surface area contributed by atoms with Crippen LogP contribution >= 0.6 is 0 Å². The second kappa shape index (κ2) is 7.31. The lowest BCUT2D eigenvalue weighted by molar-refractivity contribution is 0.0946. The van der Waals surface area contributed by atoms with Crippen molar-refractivity contribution in [3.05, 3.63) is 58.5 Å². The van der Waals surface area contributed by atoms with Crippen LogP contribution < -0.4 is 20.3 Å². The average Bonchev–Trinajstić information content (AvgIpc) is 2.54. The van der Waals surface area contributed by atoms with Gasteiger partial charge in [0.2, 0.25) is 0 Å². The Bertz CT molecular complexity index is 692. The van der Waals surface area contributed by atoms with Crippen LogP contribution in [0.15, 0.2) is 47.4 Å². The number of hydrogen-bond acceptors (Lipinski definition) is 4. The molecule has 0 saturated carbocycles. The largest absolute Gasteiger partial charge is 0.497 e. The van der Waals surface area contributed by atoms with Gasteiger partial charge in [-0.05, 0) is 30.3 Å². The van der Waals surface area contributed by atoms with Crippen molar-refractivity contribution >= 4 is 5.91 Å². The van der Waals surface area contributed by atoms with Crippen molar-refractivity contribution in [1.82, 2.24) is 9.88 Å². The van der Waals surface area contributed by atoms with E-state index >= 15 is 0 Å². The molecule has 2 rings (SSSR count). The van der Waals surface area contributed by atoms with Gasteiger partial charge in [-0.1, -0.05) is 0 Å². The van der Waals surface area contributed by atoms with Gasteiger partial charge in [0.15, 0.2) is 0 Å². The van der Waals surface area contributed by atoms with Gasteiger partial charge in [-0.15, -0.1) is 0 Å².